The number of carbonyl (C=O) groups excluding carboxylic acids is 3. The van der Waals surface area contributed by atoms with Crippen LogP contribution in [0, 0.1) is 6.92 Å². The number of carbonyl (C=O) groups is 3. The number of aryl methyl sites for hydroxylation is 1. The fraction of sp³-hybridized carbons (Fsp3) is 0.143. The zero-order valence-corrected chi connectivity index (χ0v) is 17.0. The molecule has 3 aromatic rings. The van der Waals surface area contributed by atoms with Crippen molar-refractivity contribution in [2.24, 2.45) is 0 Å². The lowest BCUT2D eigenvalue weighted by molar-refractivity contribution is -0.115. The van der Waals surface area contributed by atoms with Crippen molar-refractivity contribution in [3.63, 3.8) is 0 Å². The van der Waals surface area contributed by atoms with Gasteiger partial charge in [0.25, 0.3) is 5.91 Å². The number of benzene rings is 2. The summed E-state index contributed by atoms with van der Waals surface area (Å²) in [6.07, 6.45) is 0. The molecule has 0 unspecified atom stereocenters. The van der Waals surface area contributed by atoms with Crippen LogP contribution in [0.2, 0.25) is 0 Å². The number of hydrogen-bond acceptors (Lipinski definition) is 5. The molecule has 3 N–H and O–H groups in total. The molecule has 0 bridgehead atoms. The Bertz CT molecular complexity index is 1060. The van der Waals surface area contributed by atoms with E-state index >= 15 is 0 Å². The molecule has 0 aliphatic carbocycles. The average Bonchev–Trinajstić information content (AvgIpc) is 3.07. The van der Waals surface area contributed by atoms with Gasteiger partial charge in [-0.2, -0.15) is 0 Å². The zero-order chi connectivity index (χ0) is 21.0. The second-order valence-electron chi connectivity index (χ2n) is 6.45. The summed E-state index contributed by atoms with van der Waals surface area (Å²) in [5.41, 5.74) is 3.50. The van der Waals surface area contributed by atoms with Gasteiger partial charge >= 0.3 is 0 Å². The number of rotatable bonds is 5. The Morgan fingerprint density at radius 2 is 1.52 bits per heavy atom. The van der Waals surface area contributed by atoms with Gasteiger partial charge in [0.1, 0.15) is 0 Å². The Kier molecular flexibility index (Phi) is 6.04. The summed E-state index contributed by atoms with van der Waals surface area (Å²) >= 11 is 1.56. The van der Waals surface area contributed by atoms with Gasteiger partial charge in [0.2, 0.25) is 11.8 Å². The van der Waals surface area contributed by atoms with Crippen molar-refractivity contribution in [3.8, 4) is 11.3 Å². The van der Waals surface area contributed by atoms with Gasteiger partial charge in [-0.05, 0) is 37.3 Å². The first-order chi connectivity index (χ1) is 13.8. The van der Waals surface area contributed by atoms with Crippen LogP contribution >= 0.6 is 11.3 Å². The van der Waals surface area contributed by atoms with Crippen LogP contribution in [0.15, 0.2) is 47.8 Å². The van der Waals surface area contributed by atoms with Crippen LogP contribution in [0.4, 0.5) is 17.1 Å². The summed E-state index contributed by atoms with van der Waals surface area (Å²) in [6, 6.07) is 12.1. The van der Waals surface area contributed by atoms with Crippen LogP contribution in [0.3, 0.4) is 0 Å². The Labute approximate surface area is 172 Å². The first kappa shape index (κ1) is 20.2. The summed E-state index contributed by atoms with van der Waals surface area (Å²) in [5, 5.41) is 11.0. The summed E-state index contributed by atoms with van der Waals surface area (Å²) in [6.45, 7) is 4.68. The number of anilines is 3. The predicted molar refractivity (Wildman–Crippen MR) is 115 cm³/mol. The Morgan fingerprint density at radius 1 is 0.862 bits per heavy atom. The molecule has 148 valence electrons. The lowest BCUT2D eigenvalue weighted by Crippen LogP contribution is -2.15. The van der Waals surface area contributed by atoms with E-state index in [1.807, 2.05) is 30.5 Å². The van der Waals surface area contributed by atoms with E-state index in [2.05, 4.69) is 20.9 Å². The highest BCUT2D eigenvalue weighted by Gasteiger charge is 2.12. The molecule has 8 heteroatoms. The number of thiazole rings is 1. The highest BCUT2D eigenvalue weighted by Crippen LogP contribution is 2.25. The van der Waals surface area contributed by atoms with E-state index in [0.29, 0.717) is 22.6 Å². The zero-order valence-electron chi connectivity index (χ0n) is 16.2. The van der Waals surface area contributed by atoms with E-state index in [9.17, 15) is 14.4 Å². The molecule has 0 spiro atoms. The summed E-state index contributed by atoms with van der Waals surface area (Å²) in [5.74, 6) is -0.916. The standard InChI is InChI=1S/C21H20N4O3S/c1-12(26)22-18-8-16(9-19(10-18)23-13(2)27)21(28)25-17-6-4-5-15(7-17)20-11-29-14(3)24-20/h4-11H,1-3H3,(H,22,26)(H,23,27)(H,25,28). The molecular formula is C21H20N4O3S. The van der Waals surface area contributed by atoms with Crippen molar-refractivity contribution in [2.45, 2.75) is 20.8 Å². The van der Waals surface area contributed by atoms with E-state index < -0.39 is 0 Å². The van der Waals surface area contributed by atoms with Crippen molar-refractivity contribution in [1.29, 1.82) is 0 Å². The molecule has 1 heterocycles. The van der Waals surface area contributed by atoms with Crippen LogP contribution < -0.4 is 16.0 Å². The van der Waals surface area contributed by atoms with Crippen LogP contribution in [0.5, 0.6) is 0 Å². The molecule has 0 radical (unpaired) electrons. The van der Waals surface area contributed by atoms with Crippen LogP contribution in [0.25, 0.3) is 11.3 Å². The third kappa shape index (κ3) is 5.49. The van der Waals surface area contributed by atoms with Gasteiger partial charge in [0, 0.05) is 47.4 Å². The van der Waals surface area contributed by atoms with Gasteiger partial charge in [0.15, 0.2) is 0 Å². The third-order valence-corrected chi connectivity index (χ3v) is 4.64. The number of amides is 3. The molecule has 0 fully saturated rings. The fourth-order valence-electron chi connectivity index (χ4n) is 2.77. The average molecular weight is 408 g/mol. The minimum atomic E-state index is -0.365. The lowest BCUT2D eigenvalue weighted by Gasteiger charge is -2.11. The highest BCUT2D eigenvalue weighted by molar-refractivity contribution is 7.09. The predicted octanol–water partition coefficient (Wildman–Crippen LogP) is 4.29. The maximum Gasteiger partial charge on any atom is 0.255 e. The SMILES string of the molecule is CC(=O)Nc1cc(NC(C)=O)cc(C(=O)Nc2cccc(-c3csc(C)n3)c2)c1. The van der Waals surface area contributed by atoms with Crippen molar-refractivity contribution >= 4 is 46.1 Å². The van der Waals surface area contributed by atoms with Gasteiger partial charge in [-0.1, -0.05) is 12.1 Å². The Hall–Kier alpha value is -3.52. The quantitative estimate of drug-likeness (QED) is 0.586. The fourth-order valence-corrected chi connectivity index (χ4v) is 3.39. The molecule has 1 aromatic heterocycles. The van der Waals surface area contributed by atoms with E-state index in [1.54, 1.807) is 35.6 Å². The molecule has 29 heavy (non-hydrogen) atoms. The molecule has 0 saturated carbocycles. The summed E-state index contributed by atoms with van der Waals surface area (Å²) < 4.78 is 0. The Morgan fingerprint density at radius 3 is 2.07 bits per heavy atom. The Balaban J connectivity index is 1.86. The minimum absolute atomic E-state index is 0.275. The molecule has 0 atom stereocenters. The molecular weight excluding hydrogens is 388 g/mol. The van der Waals surface area contributed by atoms with Crippen molar-refractivity contribution < 1.29 is 14.4 Å². The molecule has 0 saturated heterocycles. The topological polar surface area (TPSA) is 100 Å². The maximum atomic E-state index is 12.8. The second kappa shape index (κ2) is 8.66. The number of nitrogens with zero attached hydrogens (tertiary/aromatic N) is 1. The summed E-state index contributed by atoms with van der Waals surface area (Å²) in [4.78, 5) is 40.0. The lowest BCUT2D eigenvalue weighted by atomic mass is 10.1. The van der Waals surface area contributed by atoms with Crippen LogP contribution in [-0.4, -0.2) is 22.7 Å². The van der Waals surface area contributed by atoms with E-state index in [-0.39, 0.29) is 17.7 Å². The minimum Gasteiger partial charge on any atom is -0.326 e. The van der Waals surface area contributed by atoms with Crippen molar-refractivity contribution in [1.82, 2.24) is 4.98 Å². The molecule has 0 aliphatic rings. The summed E-state index contributed by atoms with van der Waals surface area (Å²) in [7, 11) is 0. The maximum absolute atomic E-state index is 12.8. The smallest absolute Gasteiger partial charge is 0.255 e. The molecule has 3 rings (SSSR count). The number of aromatic nitrogens is 1. The molecule has 0 aliphatic heterocycles. The van der Waals surface area contributed by atoms with E-state index in [4.69, 9.17) is 0 Å². The first-order valence-electron chi connectivity index (χ1n) is 8.84. The number of nitrogens with one attached hydrogen (secondary N) is 3. The van der Waals surface area contributed by atoms with Crippen molar-refractivity contribution in [2.75, 3.05) is 16.0 Å². The van der Waals surface area contributed by atoms with Crippen LogP contribution in [0.1, 0.15) is 29.2 Å². The van der Waals surface area contributed by atoms with E-state index in [1.165, 1.54) is 13.8 Å². The molecule has 2 aromatic carbocycles. The largest absolute Gasteiger partial charge is 0.326 e. The number of hydrogen-bond donors (Lipinski definition) is 3. The van der Waals surface area contributed by atoms with Gasteiger partial charge in [0.05, 0.1) is 10.7 Å². The second-order valence-corrected chi connectivity index (χ2v) is 7.51. The molecule has 7 nitrogen and oxygen atoms in total. The van der Waals surface area contributed by atoms with E-state index in [0.717, 1.165) is 16.3 Å². The molecule has 3 amide bonds. The van der Waals surface area contributed by atoms with Gasteiger partial charge in [-0.3, -0.25) is 14.4 Å². The highest BCUT2D eigenvalue weighted by atomic mass is 32.1. The normalized spacial score (nSPS) is 10.3. The monoisotopic (exact) mass is 408 g/mol. The third-order valence-electron chi connectivity index (χ3n) is 3.87. The van der Waals surface area contributed by atoms with Crippen molar-refractivity contribution in [3.05, 3.63) is 58.4 Å². The van der Waals surface area contributed by atoms with Gasteiger partial charge < -0.3 is 16.0 Å². The van der Waals surface area contributed by atoms with Gasteiger partial charge in [-0.15, -0.1) is 11.3 Å². The van der Waals surface area contributed by atoms with Crippen LogP contribution in [-0.2, 0) is 9.59 Å². The van der Waals surface area contributed by atoms with Gasteiger partial charge in [-0.25, -0.2) is 4.98 Å². The first-order valence-corrected chi connectivity index (χ1v) is 9.72.